The van der Waals surface area contributed by atoms with Gasteiger partial charge in [0.15, 0.2) is 0 Å². The van der Waals surface area contributed by atoms with Gasteiger partial charge in [0, 0.05) is 11.6 Å². The van der Waals surface area contributed by atoms with Gasteiger partial charge in [-0.15, -0.1) is 11.3 Å². The summed E-state index contributed by atoms with van der Waals surface area (Å²) in [6, 6.07) is 19.7. The Bertz CT molecular complexity index is 798. The second kappa shape index (κ2) is 7.44. The summed E-state index contributed by atoms with van der Waals surface area (Å²) < 4.78 is 0. The van der Waals surface area contributed by atoms with Gasteiger partial charge in [0.25, 0.3) is 5.91 Å². The highest BCUT2D eigenvalue weighted by molar-refractivity contribution is 7.12. The Hall–Kier alpha value is -2.10. The van der Waals surface area contributed by atoms with Crippen LogP contribution in [0.3, 0.4) is 0 Å². The van der Waals surface area contributed by atoms with E-state index in [1.807, 2.05) is 53.9 Å². The molecular weight excluding hydrogens is 326 g/mol. The maximum atomic E-state index is 12.2. The van der Waals surface area contributed by atoms with Gasteiger partial charge in [-0.1, -0.05) is 54.1 Å². The van der Waals surface area contributed by atoms with Crippen molar-refractivity contribution in [1.29, 1.82) is 0 Å². The lowest BCUT2D eigenvalue weighted by molar-refractivity contribution is 0.0958. The third kappa shape index (κ3) is 4.21. The van der Waals surface area contributed by atoms with Gasteiger partial charge in [-0.05, 0) is 46.7 Å². The van der Waals surface area contributed by atoms with Crippen LogP contribution < -0.4 is 5.32 Å². The van der Waals surface area contributed by atoms with Crippen LogP contribution >= 0.6 is 22.9 Å². The zero-order valence-corrected chi connectivity index (χ0v) is 14.0. The zero-order valence-electron chi connectivity index (χ0n) is 12.5. The molecule has 0 saturated carbocycles. The molecule has 0 unspecified atom stereocenters. The Balaban J connectivity index is 1.60. The highest BCUT2D eigenvalue weighted by Crippen LogP contribution is 2.27. The van der Waals surface area contributed by atoms with Crippen LogP contribution in [0.25, 0.3) is 11.1 Å². The predicted molar refractivity (Wildman–Crippen MR) is 97.2 cm³/mol. The second-order valence-corrected chi connectivity index (χ2v) is 6.55. The molecule has 4 heteroatoms. The van der Waals surface area contributed by atoms with Crippen LogP contribution in [0.15, 0.2) is 66.0 Å². The summed E-state index contributed by atoms with van der Waals surface area (Å²) in [6.07, 6.45) is 0.832. The molecule has 0 aliphatic heterocycles. The van der Waals surface area contributed by atoms with Crippen LogP contribution in [-0.2, 0) is 6.42 Å². The predicted octanol–water partition coefficient (Wildman–Crippen LogP) is 5.04. The largest absolute Gasteiger partial charge is 0.351 e. The first-order chi connectivity index (χ1) is 11.2. The minimum Gasteiger partial charge on any atom is -0.351 e. The van der Waals surface area contributed by atoms with E-state index in [9.17, 15) is 4.79 Å². The maximum Gasteiger partial charge on any atom is 0.261 e. The van der Waals surface area contributed by atoms with E-state index in [0.29, 0.717) is 16.4 Å². The number of carbonyl (C=O) groups excluding carboxylic acids is 1. The highest BCUT2D eigenvalue weighted by atomic mass is 35.5. The molecule has 1 amide bonds. The van der Waals surface area contributed by atoms with E-state index in [1.165, 1.54) is 16.9 Å². The molecular formula is C19H16ClNOS. The summed E-state index contributed by atoms with van der Waals surface area (Å²) in [7, 11) is 0. The maximum absolute atomic E-state index is 12.2. The van der Waals surface area contributed by atoms with Gasteiger partial charge in [-0.2, -0.15) is 0 Å². The molecule has 3 rings (SSSR count). The Morgan fingerprint density at radius 2 is 1.83 bits per heavy atom. The Morgan fingerprint density at radius 3 is 2.61 bits per heavy atom. The zero-order chi connectivity index (χ0) is 16.1. The molecule has 2 nitrogen and oxygen atoms in total. The van der Waals surface area contributed by atoms with Crippen molar-refractivity contribution in [1.82, 2.24) is 5.32 Å². The number of halogens is 1. The molecule has 23 heavy (non-hydrogen) atoms. The first-order valence-corrected chi connectivity index (χ1v) is 8.65. The second-order valence-electron chi connectivity index (χ2n) is 5.20. The van der Waals surface area contributed by atoms with Crippen LogP contribution in [0.5, 0.6) is 0 Å². The SMILES string of the molecule is O=C(NCCc1ccccc1)c1cc(-c2cccc(Cl)c2)cs1. The lowest BCUT2D eigenvalue weighted by Crippen LogP contribution is -2.24. The fourth-order valence-electron chi connectivity index (χ4n) is 2.33. The summed E-state index contributed by atoms with van der Waals surface area (Å²) in [5, 5.41) is 5.65. The molecule has 3 aromatic rings. The van der Waals surface area contributed by atoms with E-state index in [0.717, 1.165) is 17.5 Å². The highest BCUT2D eigenvalue weighted by Gasteiger charge is 2.10. The standard InChI is InChI=1S/C19H16ClNOS/c20-17-8-4-7-15(11-17)16-12-18(23-13-16)19(22)21-10-9-14-5-2-1-3-6-14/h1-8,11-13H,9-10H2,(H,21,22). The summed E-state index contributed by atoms with van der Waals surface area (Å²) in [5.41, 5.74) is 3.27. The third-order valence-electron chi connectivity index (χ3n) is 3.52. The van der Waals surface area contributed by atoms with E-state index >= 15 is 0 Å². The normalized spacial score (nSPS) is 10.5. The van der Waals surface area contributed by atoms with Crippen molar-refractivity contribution in [3.63, 3.8) is 0 Å². The number of thiophene rings is 1. The first-order valence-electron chi connectivity index (χ1n) is 7.39. The fourth-order valence-corrected chi connectivity index (χ4v) is 3.35. The average molecular weight is 342 g/mol. The van der Waals surface area contributed by atoms with E-state index < -0.39 is 0 Å². The van der Waals surface area contributed by atoms with Crippen molar-refractivity contribution in [2.75, 3.05) is 6.54 Å². The molecule has 0 bridgehead atoms. The van der Waals surface area contributed by atoms with Crippen LogP contribution in [0, 0.1) is 0 Å². The number of hydrogen-bond acceptors (Lipinski definition) is 2. The lowest BCUT2D eigenvalue weighted by Gasteiger charge is -2.03. The molecule has 0 aliphatic carbocycles. The summed E-state index contributed by atoms with van der Waals surface area (Å²) in [4.78, 5) is 12.9. The van der Waals surface area contributed by atoms with Crippen molar-refractivity contribution in [3.05, 3.63) is 81.5 Å². The van der Waals surface area contributed by atoms with Crippen LogP contribution in [0.4, 0.5) is 0 Å². The molecule has 1 N–H and O–H groups in total. The minimum absolute atomic E-state index is 0.0285. The number of nitrogens with one attached hydrogen (secondary N) is 1. The third-order valence-corrected chi connectivity index (χ3v) is 4.69. The van der Waals surface area contributed by atoms with Crippen molar-refractivity contribution >= 4 is 28.8 Å². The van der Waals surface area contributed by atoms with Crippen molar-refractivity contribution in [2.45, 2.75) is 6.42 Å². The smallest absolute Gasteiger partial charge is 0.261 e. The summed E-state index contributed by atoms with van der Waals surface area (Å²) in [6.45, 7) is 0.632. The molecule has 0 fully saturated rings. The Labute approximate surface area is 144 Å². The van der Waals surface area contributed by atoms with E-state index in [-0.39, 0.29) is 5.91 Å². The van der Waals surface area contributed by atoms with E-state index in [1.54, 1.807) is 0 Å². The van der Waals surface area contributed by atoms with Gasteiger partial charge in [-0.3, -0.25) is 4.79 Å². The number of benzene rings is 2. The average Bonchev–Trinajstić information content (AvgIpc) is 3.06. The quantitative estimate of drug-likeness (QED) is 0.692. The number of carbonyl (C=O) groups is 1. The number of amides is 1. The Morgan fingerprint density at radius 1 is 1.00 bits per heavy atom. The van der Waals surface area contributed by atoms with Gasteiger partial charge in [0.2, 0.25) is 0 Å². The van der Waals surface area contributed by atoms with E-state index in [2.05, 4.69) is 17.4 Å². The van der Waals surface area contributed by atoms with Crippen LogP contribution in [-0.4, -0.2) is 12.5 Å². The van der Waals surface area contributed by atoms with Crippen molar-refractivity contribution in [3.8, 4) is 11.1 Å². The number of rotatable bonds is 5. The molecule has 116 valence electrons. The van der Waals surface area contributed by atoms with Crippen LogP contribution in [0.2, 0.25) is 5.02 Å². The molecule has 0 aliphatic rings. The van der Waals surface area contributed by atoms with Gasteiger partial charge < -0.3 is 5.32 Å². The van der Waals surface area contributed by atoms with Gasteiger partial charge in [0.1, 0.15) is 0 Å². The fraction of sp³-hybridized carbons (Fsp3) is 0.105. The van der Waals surface area contributed by atoms with Gasteiger partial charge in [0.05, 0.1) is 4.88 Å². The van der Waals surface area contributed by atoms with Crippen LogP contribution in [0.1, 0.15) is 15.2 Å². The van der Waals surface area contributed by atoms with Gasteiger partial charge >= 0.3 is 0 Å². The van der Waals surface area contributed by atoms with Crippen molar-refractivity contribution < 1.29 is 4.79 Å². The Kier molecular flexibility index (Phi) is 5.11. The lowest BCUT2D eigenvalue weighted by atomic mass is 10.1. The molecule has 1 heterocycles. The molecule has 0 radical (unpaired) electrons. The molecule has 1 aromatic heterocycles. The summed E-state index contributed by atoms with van der Waals surface area (Å²) >= 11 is 7.46. The van der Waals surface area contributed by atoms with E-state index in [4.69, 9.17) is 11.6 Å². The monoisotopic (exact) mass is 341 g/mol. The minimum atomic E-state index is -0.0285. The molecule has 2 aromatic carbocycles. The summed E-state index contributed by atoms with van der Waals surface area (Å²) in [5.74, 6) is -0.0285. The molecule has 0 spiro atoms. The van der Waals surface area contributed by atoms with Crippen molar-refractivity contribution in [2.24, 2.45) is 0 Å². The molecule has 0 atom stereocenters. The first kappa shape index (κ1) is 15.8. The molecule has 0 saturated heterocycles. The van der Waals surface area contributed by atoms with Gasteiger partial charge in [-0.25, -0.2) is 0 Å². The topological polar surface area (TPSA) is 29.1 Å². The number of hydrogen-bond donors (Lipinski definition) is 1.